The first kappa shape index (κ1) is 16.4. The van der Waals surface area contributed by atoms with Gasteiger partial charge in [0.2, 0.25) is 0 Å². The number of thiophene rings is 1. The number of aliphatic imine (C=N–C) groups is 1. The van der Waals surface area contributed by atoms with Crippen molar-refractivity contribution in [3.8, 4) is 5.75 Å². The fourth-order valence-electron chi connectivity index (χ4n) is 2.10. The molecule has 0 atom stereocenters. The first-order chi connectivity index (χ1) is 10.7. The van der Waals surface area contributed by atoms with Crippen LogP contribution < -0.4 is 10.6 Å². The van der Waals surface area contributed by atoms with Crippen LogP contribution in [0.3, 0.4) is 0 Å². The summed E-state index contributed by atoms with van der Waals surface area (Å²) in [6, 6.07) is 9.48. The van der Waals surface area contributed by atoms with E-state index in [-0.39, 0.29) is 0 Å². The van der Waals surface area contributed by atoms with Crippen molar-refractivity contribution in [3.05, 3.63) is 51.7 Å². The fraction of sp³-hybridized carbons (Fsp3) is 0.353. The summed E-state index contributed by atoms with van der Waals surface area (Å²) in [6.07, 6.45) is 0.844. The maximum Gasteiger partial charge on any atom is 0.191 e. The van der Waals surface area contributed by atoms with Crippen LogP contribution in [0.5, 0.6) is 5.75 Å². The van der Waals surface area contributed by atoms with Crippen LogP contribution in [0.25, 0.3) is 0 Å². The summed E-state index contributed by atoms with van der Waals surface area (Å²) in [5.41, 5.74) is 2.40. The molecule has 0 saturated heterocycles. The maximum absolute atomic E-state index is 9.47. The molecule has 0 fully saturated rings. The van der Waals surface area contributed by atoms with Crippen molar-refractivity contribution in [2.45, 2.75) is 26.8 Å². The number of rotatable bonds is 6. The zero-order valence-corrected chi connectivity index (χ0v) is 13.9. The second kappa shape index (κ2) is 8.44. The Kier molecular flexibility index (Phi) is 6.27. The number of aryl methyl sites for hydroxylation is 1. The van der Waals surface area contributed by atoms with Gasteiger partial charge in [-0.1, -0.05) is 12.1 Å². The third-order valence-corrected chi connectivity index (χ3v) is 4.32. The van der Waals surface area contributed by atoms with Crippen LogP contribution in [0.1, 0.15) is 22.9 Å². The Balaban J connectivity index is 1.87. The number of aromatic hydroxyl groups is 1. The average molecular weight is 317 g/mol. The number of phenolic OH excluding ortho intramolecular Hbond substituents is 1. The molecule has 2 rings (SSSR count). The molecule has 2 aromatic rings. The third-order valence-electron chi connectivity index (χ3n) is 3.31. The van der Waals surface area contributed by atoms with E-state index in [2.05, 4.69) is 40.9 Å². The number of phenols is 1. The zero-order chi connectivity index (χ0) is 15.8. The van der Waals surface area contributed by atoms with Crippen LogP contribution in [0.15, 0.2) is 40.7 Å². The first-order valence-corrected chi connectivity index (χ1v) is 8.40. The first-order valence-electron chi connectivity index (χ1n) is 7.52. The predicted molar refractivity (Wildman–Crippen MR) is 93.7 cm³/mol. The highest BCUT2D eigenvalue weighted by Gasteiger charge is 2.01. The molecule has 4 nitrogen and oxygen atoms in total. The monoisotopic (exact) mass is 317 g/mol. The van der Waals surface area contributed by atoms with Crippen molar-refractivity contribution >= 4 is 17.3 Å². The number of hydrogen-bond acceptors (Lipinski definition) is 3. The van der Waals surface area contributed by atoms with E-state index in [0.717, 1.165) is 31.0 Å². The Hall–Kier alpha value is -2.01. The van der Waals surface area contributed by atoms with E-state index in [1.807, 2.05) is 12.1 Å². The summed E-state index contributed by atoms with van der Waals surface area (Å²) < 4.78 is 0. The lowest BCUT2D eigenvalue weighted by atomic mass is 10.1. The molecule has 118 valence electrons. The van der Waals surface area contributed by atoms with Crippen molar-refractivity contribution in [1.82, 2.24) is 10.6 Å². The van der Waals surface area contributed by atoms with Gasteiger partial charge < -0.3 is 15.7 Å². The van der Waals surface area contributed by atoms with Gasteiger partial charge in [0.25, 0.3) is 0 Å². The minimum atomic E-state index is 0.311. The molecule has 0 bridgehead atoms. The Labute approximate surface area is 135 Å². The molecule has 0 aliphatic heterocycles. The maximum atomic E-state index is 9.47. The van der Waals surface area contributed by atoms with Gasteiger partial charge in [-0.05, 0) is 55.0 Å². The summed E-state index contributed by atoms with van der Waals surface area (Å²) in [5, 5.41) is 18.2. The van der Waals surface area contributed by atoms with E-state index < -0.39 is 0 Å². The third kappa shape index (κ3) is 5.07. The SMILES string of the molecule is CCNC(=NCc1sccc1C)NCCc1cccc(O)c1. The molecule has 0 amide bonds. The van der Waals surface area contributed by atoms with Gasteiger partial charge in [0.1, 0.15) is 5.75 Å². The topological polar surface area (TPSA) is 56.7 Å². The summed E-state index contributed by atoms with van der Waals surface area (Å²) >= 11 is 1.74. The normalized spacial score (nSPS) is 11.5. The van der Waals surface area contributed by atoms with Crippen LogP contribution in [0.4, 0.5) is 0 Å². The lowest BCUT2D eigenvalue weighted by Crippen LogP contribution is -2.38. The lowest BCUT2D eigenvalue weighted by Gasteiger charge is -2.11. The van der Waals surface area contributed by atoms with Crippen LogP contribution >= 0.6 is 11.3 Å². The minimum Gasteiger partial charge on any atom is -0.508 e. The molecule has 3 N–H and O–H groups in total. The molecular weight excluding hydrogens is 294 g/mol. The molecule has 0 aliphatic carbocycles. The second-order valence-corrected chi connectivity index (χ2v) is 6.07. The van der Waals surface area contributed by atoms with E-state index >= 15 is 0 Å². The smallest absolute Gasteiger partial charge is 0.191 e. The predicted octanol–water partition coefficient (Wildman–Crippen LogP) is 3.06. The van der Waals surface area contributed by atoms with Crippen molar-refractivity contribution in [1.29, 1.82) is 0 Å². The number of guanidine groups is 1. The largest absolute Gasteiger partial charge is 0.508 e. The van der Waals surface area contributed by atoms with E-state index in [1.54, 1.807) is 23.5 Å². The molecule has 0 aliphatic rings. The zero-order valence-electron chi connectivity index (χ0n) is 13.1. The molecule has 1 aromatic heterocycles. The van der Waals surface area contributed by atoms with Gasteiger partial charge in [-0.3, -0.25) is 0 Å². The van der Waals surface area contributed by atoms with Gasteiger partial charge in [-0.2, -0.15) is 0 Å². The summed E-state index contributed by atoms with van der Waals surface area (Å²) in [5.74, 6) is 1.14. The van der Waals surface area contributed by atoms with Crippen LogP contribution in [-0.4, -0.2) is 24.2 Å². The Morgan fingerprint density at radius 1 is 1.27 bits per heavy atom. The van der Waals surface area contributed by atoms with Crippen molar-refractivity contribution < 1.29 is 5.11 Å². The quantitative estimate of drug-likeness (QED) is 0.567. The van der Waals surface area contributed by atoms with Crippen LogP contribution in [-0.2, 0) is 13.0 Å². The van der Waals surface area contributed by atoms with E-state index in [1.165, 1.54) is 10.4 Å². The fourth-order valence-corrected chi connectivity index (χ4v) is 2.93. The minimum absolute atomic E-state index is 0.311. The van der Waals surface area contributed by atoms with Gasteiger partial charge in [0.05, 0.1) is 6.54 Å². The van der Waals surface area contributed by atoms with E-state index in [4.69, 9.17) is 0 Å². The molecule has 1 heterocycles. The van der Waals surface area contributed by atoms with Crippen LogP contribution in [0, 0.1) is 6.92 Å². The van der Waals surface area contributed by atoms with Crippen LogP contribution in [0.2, 0.25) is 0 Å². The molecule has 0 spiro atoms. The summed E-state index contributed by atoms with van der Waals surface area (Å²) in [7, 11) is 0. The molecule has 5 heteroatoms. The van der Waals surface area contributed by atoms with Gasteiger partial charge >= 0.3 is 0 Å². The highest BCUT2D eigenvalue weighted by Crippen LogP contribution is 2.16. The molecule has 0 saturated carbocycles. The molecule has 0 unspecified atom stereocenters. The Morgan fingerprint density at radius 2 is 2.14 bits per heavy atom. The standard InChI is InChI=1S/C17H23N3OS/c1-3-18-17(20-12-16-13(2)8-10-22-16)19-9-7-14-5-4-6-15(21)11-14/h4-6,8,10-11,21H,3,7,9,12H2,1-2H3,(H2,18,19,20). The molecule has 0 radical (unpaired) electrons. The number of nitrogens with zero attached hydrogens (tertiary/aromatic N) is 1. The Bertz CT molecular complexity index is 622. The van der Waals surface area contributed by atoms with E-state index in [0.29, 0.717) is 12.3 Å². The second-order valence-electron chi connectivity index (χ2n) is 5.07. The van der Waals surface area contributed by atoms with Crippen molar-refractivity contribution in [2.75, 3.05) is 13.1 Å². The number of benzene rings is 1. The molecular formula is C17H23N3OS. The average Bonchev–Trinajstić information content (AvgIpc) is 2.90. The lowest BCUT2D eigenvalue weighted by molar-refractivity contribution is 0.474. The van der Waals surface area contributed by atoms with E-state index in [9.17, 15) is 5.11 Å². The highest BCUT2D eigenvalue weighted by atomic mass is 32.1. The van der Waals surface area contributed by atoms with Gasteiger partial charge in [0, 0.05) is 18.0 Å². The summed E-state index contributed by atoms with van der Waals surface area (Å²) in [6.45, 7) is 6.48. The summed E-state index contributed by atoms with van der Waals surface area (Å²) in [4.78, 5) is 5.92. The number of hydrogen-bond donors (Lipinski definition) is 3. The van der Waals surface area contributed by atoms with Crippen molar-refractivity contribution in [2.24, 2.45) is 4.99 Å². The Morgan fingerprint density at radius 3 is 2.82 bits per heavy atom. The van der Waals surface area contributed by atoms with Crippen molar-refractivity contribution in [3.63, 3.8) is 0 Å². The highest BCUT2D eigenvalue weighted by molar-refractivity contribution is 7.10. The van der Waals surface area contributed by atoms with Gasteiger partial charge in [-0.25, -0.2) is 4.99 Å². The molecule has 1 aromatic carbocycles. The van der Waals surface area contributed by atoms with Gasteiger partial charge in [0.15, 0.2) is 5.96 Å². The molecule has 22 heavy (non-hydrogen) atoms. The number of nitrogens with one attached hydrogen (secondary N) is 2. The van der Waals surface area contributed by atoms with Gasteiger partial charge in [-0.15, -0.1) is 11.3 Å².